The van der Waals surface area contributed by atoms with Gasteiger partial charge < -0.3 is 19.5 Å². The summed E-state index contributed by atoms with van der Waals surface area (Å²) >= 11 is 0. The Morgan fingerprint density at radius 3 is 2.86 bits per heavy atom. The van der Waals surface area contributed by atoms with Crippen LogP contribution < -0.4 is 19.5 Å². The first kappa shape index (κ1) is 14.2. The number of carbonyl (C=O) groups is 1. The second-order valence-electron chi connectivity index (χ2n) is 4.75. The maximum atomic E-state index is 12.2. The predicted octanol–water partition coefficient (Wildman–Crippen LogP) is 1.79. The van der Waals surface area contributed by atoms with Crippen molar-refractivity contribution in [3.63, 3.8) is 0 Å². The van der Waals surface area contributed by atoms with Crippen molar-refractivity contribution in [1.29, 1.82) is 0 Å². The Balaban J connectivity index is 1.66. The number of amides is 1. The van der Waals surface area contributed by atoms with Gasteiger partial charge in [-0.05, 0) is 29.8 Å². The highest BCUT2D eigenvalue weighted by Gasteiger charge is 2.14. The number of benzene rings is 1. The molecule has 6 heteroatoms. The molecule has 0 atom stereocenters. The molecule has 0 unspecified atom stereocenters. The number of methoxy groups -OCH3 is 1. The third-order valence-corrected chi connectivity index (χ3v) is 3.27. The number of fused-ring (bicyclic) bond motifs is 1. The fourth-order valence-electron chi connectivity index (χ4n) is 2.14. The average Bonchev–Trinajstić information content (AvgIpc) is 2.59. The van der Waals surface area contributed by atoms with Crippen LogP contribution in [0.15, 0.2) is 36.5 Å². The van der Waals surface area contributed by atoms with E-state index in [1.807, 2.05) is 6.07 Å². The molecule has 1 amide bonds. The lowest BCUT2D eigenvalue weighted by atomic mass is 10.1. The third-order valence-electron chi connectivity index (χ3n) is 3.27. The minimum atomic E-state index is -0.173. The minimum Gasteiger partial charge on any atom is -0.486 e. The van der Waals surface area contributed by atoms with Gasteiger partial charge in [0, 0.05) is 24.4 Å². The van der Waals surface area contributed by atoms with Crippen LogP contribution in [0.2, 0.25) is 0 Å². The number of ether oxygens (including phenoxy) is 3. The zero-order valence-corrected chi connectivity index (χ0v) is 12.2. The lowest BCUT2D eigenvalue weighted by Crippen LogP contribution is -2.23. The van der Waals surface area contributed by atoms with Crippen molar-refractivity contribution in [3.05, 3.63) is 47.7 Å². The average molecular weight is 300 g/mol. The SMILES string of the molecule is COc1cc(CNC(=O)c2ccc3c(c2)OCCO3)ccn1. The molecule has 0 saturated heterocycles. The van der Waals surface area contributed by atoms with Crippen molar-refractivity contribution >= 4 is 5.91 Å². The summed E-state index contributed by atoms with van der Waals surface area (Å²) in [4.78, 5) is 16.2. The molecule has 1 aliphatic rings. The van der Waals surface area contributed by atoms with Gasteiger partial charge in [-0.25, -0.2) is 4.98 Å². The van der Waals surface area contributed by atoms with Crippen LogP contribution in [-0.4, -0.2) is 31.2 Å². The first-order chi connectivity index (χ1) is 10.8. The van der Waals surface area contributed by atoms with E-state index in [4.69, 9.17) is 14.2 Å². The lowest BCUT2D eigenvalue weighted by molar-refractivity contribution is 0.0949. The maximum Gasteiger partial charge on any atom is 0.251 e. The standard InChI is InChI=1S/C16H16N2O4/c1-20-15-8-11(4-5-17-15)10-18-16(19)12-2-3-13-14(9-12)22-7-6-21-13/h2-5,8-9H,6-7,10H2,1H3,(H,18,19). The van der Waals surface area contributed by atoms with Crippen LogP contribution in [0.25, 0.3) is 0 Å². The Labute approximate surface area is 128 Å². The third kappa shape index (κ3) is 3.11. The van der Waals surface area contributed by atoms with Crippen molar-refractivity contribution in [2.75, 3.05) is 20.3 Å². The zero-order valence-electron chi connectivity index (χ0n) is 12.2. The Kier molecular flexibility index (Phi) is 4.09. The summed E-state index contributed by atoms with van der Waals surface area (Å²) in [5.41, 5.74) is 1.45. The van der Waals surface area contributed by atoms with Gasteiger partial charge in [0.1, 0.15) is 13.2 Å². The van der Waals surface area contributed by atoms with Crippen LogP contribution in [-0.2, 0) is 6.54 Å². The van der Waals surface area contributed by atoms with Gasteiger partial charge in [-0.2, -0.15) is 0 Å². The van der Waals surface area contributed by atoms with Crippen molar-refractivity contribution in [3.8, 4) is 17.4 Å². The number of carbonyl (C=O) groups excluding carboxylic acids is 1. The molecule has 6 nitrogen and oxygen atoms in total. The van der Waals surface area contributed by atoms with Gasteiger partial charge in [-0.15, -0.1) is 0 Å². The first-order valence-corrected chi connectivity index (χ1v) is 6.93. The summed E-state index contributed by atoms with van der Waals surface area (Å²) < 4.78 is 16.0. The van der Waals surface area contributed by atoms with Crippen LogP contribution >= 0.6 is 0 Å². The Morgan fingerprint density at radius 2 is 2.05 bits per heavy atom. The Morgan fingerprint density at radius 1 is 1.23 bits per heavy atom. The number of hydrogen-bond donors (Lipinski definition) is 1. The fourth-order valence-corrected chi connectivity index (χ4v) is 2.14. The number of nitrogens with one attached hydrogen (secondary N) is 1. The molecular weight excluding hydrogens is 284 g/mol. The summed E-state index contributed by atoms with van der Waals surface area (Å²) in [5, 5.41) is 2.85. The Hall–Kier alpha value is -2.76. The number of hydrogen-bond acceptors (Lipinski definition) is 5. The molecule has 0 bridgehead atoms. The van der Waals surface area contributed by atoms with Crippen LogP contribution in [0.1, 0.15) is 15.9 Å². The fraction of sp³-hybridized carbons (Fsp3) is 0.250. The van der Waals surface area contributed by atoms with Crippen LogP contribution in [0.3, 0.4) is 0 Å². The summed E-state index contributed by atoms with van der Waals surface area (Å²) in [6.45, 7) is 1.42. The van der Waals surface area contributed by atoms with E-state index < -0.39 is 0 Å². The van der Waals surface area contributed by atoms with E-state index in [2.05, 4.69) is 10.3 Å². The van der Waals surface area contributed by atoms with Gasteiger partial charge in [-0.3, -0.25) is 4.79 Å². The van der Waals surface area contributed by atoms with Crippen molar-refractivity contribution < 1.29 is 19.0 Å². The quantitative estimate of drug-likeness (QED) is 0.932. The van der Waals surface area contributed by atoms with Gasteiger partial charge >= 0.3 is 0 Å². The normalized spacial score (nSPS) is 12.6. The summed E-state index contributed by atoms with van der Waals surface area (Å²) in [6, 6.07) is 8.77. The summed E-state index contributed by atoms with van der Waals surface area (Å²) in [5.74, 6) is 1.62. The molecule has 3 rings (SSSR count). The lowest BCUT2D eigenvalue weighted by Gasteiger charge is -2.18. The minimum absolute atomic E-state index is 0.173. The van der Waals surface area contributed by atoms with E-state index in [1.165, 1.54) is 0 Å². The second-order valence-corrected chi connectivity index (χ2v) is 4.75. The van der Waals surface area contributed by atoms with Crippen molar-refractivity contribution in [2.24, 2.45) is 0 Å². The molecule has 2 heterocycles. The van der Waals surface area contributed by atoms with E-state index >= 15 is 0 Å². The van der Waals surface area contributed by atoms with Crippen LogP contribution in [0, 0.1) is 0 Å². The number of pyridine rings is 1. The molecule has 114 valence electrons. The molecule has 0 aliphatic carbocycles. The van der Waals surface area contributed by atoms with Gasteiger partial charge in [-0.1, -0.05) is 0 Å². The van der Waals surface area contributed by atoms with Crippen LogP contribution in [0.5, 0.6) is 17.4 Å². The predicted molar refractivity (Wildman–Crippen MR) is 79.4 cm³/mol. The van der Waals surface area contributed by atoms with Crippen molar-refractivity contribution in [2.45, 2.75) is 6.54 Å². The molecule has 0 radical (unpaired) electrons. The molecule has 1 aromatic carbocycles. The number of nitrogens with zero attached hydrogens (tertiary/aromatic N) is 1. The summed E-state index contributed by atoms with van der Waals surface area (Å²) in [7, 11) is 1.56. The van der Waals surface area contributed by atoms with Crippen LogP contribution in [0.4, 0.5) is 0 Å². The van der Waals surface area contributed by atoms with Gasteiger partial charge in [0.05, 0.1) is 7.11 Å². The first-order valence-electron chi connectivity index (χ1n) is 6.93. The molecular formula is C16H16N2O4. The molecule has 2 aromatic rings. The summed E-state index contributed by atoms with van der Waals surface area (Å²) in [6.07, 6.45) is 1.64. The molecule has 1 N–H and O–H groups in total. The van der Waals surface area contributed by atoms with Crippen molar-refractivity contribution in [1.82, 2.24) is 10.3 Å². The largest absolute Gasteiger partial charge is 0.486 e. The zero-order chi connectivity index (χ0) is 15.4. The molecule has 0 fully saturated rings. The monoisotopic (exact) mass is 300 g/mol. The molecule has 1 aromatic heterocycles. The van der Waals surface area contributed by atoms with Gasteiger partial charge in [0.25, 0.3) is 5.91 Å². The smallest absolute Gasteiger partial charge is 0.251 e. The van der Waals surface area contributed by atoms with Gasteiger partial charge in [0.15, 0.2) is 11.5 Å². The molecule has 0 spiro atoms. The maximum absolute atomic E-state index is 12.2. The molecule has 0 saturated carbocycles. The highest BCUT2D eigenvalue weighted by molar-refractivity contribution is 5.94. The topological polar surface area (TPSA) is 69.7 Å². The van der Waals surface area contributed by atoms with E-state index in [9.17, 15) is 4.79 Å². The highest BCUT2D eigenvalue weighted by atomic mass is 16.6. The molecule has 22 heavy (non-hydrogen) atoms. The second kappa shape index (κ2) is 6.34. The van der Waals surface area contributed by atoms with E-state index in [-0.39, 0.29) is 5.91 Å². The number of aromatic nitrogens is 1. The van der Waals surface area contributed by atoms with Gasteiger partial charge in [0.2, 0.25) is 5.88 Å². The number of rotatable bonds is 4. The highest BCUT2D eigenvalue weighted by Crippen LogP contribution is 2.30. The Bertz CT molecular complexity index is 688. The van der Waals surface area contributed by atoms with E-state index in [1.54, 1.807) is 37.6 Å². The van der Waals surface area contributed by atoms with E-state index in [0.717, 1.165) is 5.56 Å². The van der Waals surface area contributed by atoms with E-state index in [0.29, 0.717) is 42.7 Å². The molecule has 1 aliphatic heterocycles.